The molecule has 4 nitrogen and oxygen atoms in total. The number of carbonyl (C=O) groups is 1. The number of aromatic carboxylic acids is 1. The second kappa shape index (κ2) is 5.84. The summed E-state index contributed by atoms with van der Waals surface area (Å²) in [4.78, 5) is 14.8. The summed E-state index contributed by atoms with van der Waals surface area (Å²) in [5.41, 5.74) is 3.04. The van der Waals surface area contributed by atoms with E-state index in [1.165, 1.54) is 5.56 Å². The third-order valence-corrected chi connectivity index (χ3v) is 3.64. The average molecular weight is 276 g/mol. The van der Waals surface area contributed by atoms with Crippen molar-refractivity contribution in [2.45, 2.75) is 26.3 Å². The first-order valence-electron chi connectivity index (χ1n) is 6.08. The molecule has 0 saturated heterocycles. The molecule has 1 aromatic carbocycles. The van der Waals surface area contributed by atoms with E-state index in [0.29, 0.717) is 12.5 Å². The van der Waals surface area contributed by atoms with Gasteiger partial charge >= 0.3 is 5.97 Å². The first-order valence-corrected chi connectivity index (χ1v) is 6.95. The quantitative estimate of drug-likeness (QED) is 0.876. The number of hydrogen-bond acceptors (Lipinski definition) is 4. The Morgan fingerprint density at radius 2 is 2.26 bits per heavy atom. The van der Waals surface area contributed by atoms with Crippen LogP contribution in [0.2, 0.25) is 0 Å². The molecule has 0 fully saturated rings. The number of hydrogen-bond donors (Lipinski definition) is 2. The van der Waals surface area contributed by atoms with Crippen molar-refractivity contribution >= 4 is 23.0 Å². The van der Waals surface area contributed by atoms with Crippen molar-refractivity contribution in [3.63, 3.8) is 0 Å². The van der Waals surface area contributed by atoms with E-state index in [-0.39, 0.29) is 5.01 Å². The van der Waals surface area contributed by atoms with Crippen LogP contribution in [-0.4, -0.2) is 16.1 Å². The van der Waals surface area contributed by atoms with Gasteiger partial charge in [0.05, 0.1) is 12.2 Å². The van der Waals surface area contributed by atoms with Crippen LogP contribution in [-0.2, 0) is 6.54 Å². The van der Waals surface area contributed by atoms with E-state index in [4.69, 9.17) is 5.11 Å². The van der Waals surface area contributed by atoms with Crippen LogP contribution in [0.3, 0.4) is 0 Å². The van der Waals surface area contributed by atoms with Crippen LogP contribution in [0.5, 0.6) is 0 Å². The van der Waals surface area contributed by atoms with Gasteiger partial charge < -0.3 is 10.4 Å². The van der Waals surface area contributed by atoms with Gasteiger partial charge in [-0.05, 0) is 23.6 Å². The SMILES string of the molecule is CC(C)c1cccc(NCc2csc(C(=O)O)n2)c1. The lowest BCUT2D eigenvalue weighted by Gasteiger charge is -2.09. The van der Waals surface area contributed by atoms with Crippen LogP contribution in [0.15, 0.2) is 29.6 Å². The molecule has 2 aromatic rings. The molecule has 2 N–H and O–H groups in total. The maximum atomic E-state index is 10.7. The van der Waals surface area contributed by atoms with Gasteiger partial charge in [-0.25, -0.2) is 9.78 Å². The monoisotopic (exact) mass is 276 g/mol. The average Bonchev–Trinajstić information content (AvgIpc) is 2.85. The Morgan fingerprint density at radius 3 is 2.89 bits per heavy atom. The number of nitrogens with zero attached hydrogens (tertiary/aromatic N) is 1. The fourth-order valence-corrected chi connectivity index (χ4v) is 2.34. The third-order valence-electron chi connectivity index (χ3n) is 2.76. The first-order chi connectivity index (χ1) is 9.06. The molecule has 0 aliphatic heterocycles. The summed E-state index contributed by atoms with van der Waals surface area (Å²) in [7, 11) is 0. The lowest BCUT2D eigenvalue weighted by Crippen LogP contribution is -2.02. The van der Waals surface area contributed by atoms with Gasteiger partial charge in [0.1, 0.15) is 0 Å². The molecular formula is C14H16N2O2S. The van der Waals surface area contributed by atoms with E-state index in [1.54, 1.807) is 5.38 Å². The van der Waals surface area contributed by atoms with E-state index in [2.05, 4.69) is 36.3 Å². The summed E-state index contributed by atoms with van der Waals surface area (Å²) in [6.45, 7) is 4.84. The molecule has 0 aliphatic carbocycles. The highest BCUT2D eigenvalue weighted by Gasteiger charge is 2.08. The summed E-state index contributed by atoms with van der Waals surface area (Å²) in [6.07, 6.45) is 0. The number of thiazole rings is 1. The molecule has 19 heavy (non-hydrogen) atoms. The molecule has 0 unspecified atom stereocenters. The van der Waals surface area contributed by atoms with E-state index in [0.717, 1.165) is 22.7 Å². The normalized spacial score (nSPS) is 10.7. The number of carboxylic acid groups (broad SMARTS) is 1. The summed E-state index contributed by atoms with van der Waals surface area (Å²) in [5.74, 6) is -0.488. The minimum absolute atomic E-state index is 0.132. The second-order valence-corrected chi connectivity index (χ2v) is 5.44. The molecule has 1 heterocycles. The molecule has 0 spiro atoms. The highest BCUT2D eigenvalue weighted by atomic mass is 32.1. The molecule has 100 valence electrons. The zero-order valence-electron chi connectivity index (χ0n) is 10.9. The van der Waals surface area contributed by atoms with Crippen molar-refractivity contribution in [1.82, 2.24) is 4.98 Å². The topological polar surface area (TPSA) is 62.2 Å². The Kier molecular flexibility index (Phi) is 4.16. The van der Waals surface area contributed by atoms with Crippen molar-refractivity contribution < 1.29 is 9.90 Å². The zero-order valence-corrected chi connectivity index (χ0v) is 11.7. The second-order valence-electron chi connectivity index (χ2n) is 4.58. The van der Waals surface area contributed by atoms with Gasteiger partial charge in [-0.1, -0.05) is 26.0 Å². The number of anilines is 1. The molecule has 1 aromatic heterocycles. The molecule has 0 amide bonds. The summed E-state index contributed by atoms with van der Waals surface area (Å²) in [5, 5.41) is 14.0. The lowest BCUT2D eigenvalue weighted by atomic mass is 10.0. The Morgan fingerprint density at radius 1 is 1.47 bits per heavy atom. The first kappa shape index (κ1) is 13.5. The van der Waals surface area contributed by atoms with Gasteiger partial charge in [0.15, 0.2) is 0 Å². The van der Waals surface area contributed by atoms with Crippen molar-refractivity contribution in [1.29, 1.82) is 0 Å². The van der Waals surface area contributed by atoms with Crippen molar-refractivity contribution in [3.8, 4) is 0 Å². The zero-order chi connectivity index (χ0) is 13.8. The predicted octanol–water partition coefficient (Wildman–Crippen LogP) is 3.58. The van der Waals surface area contributed by atoms with Gasteiger partial charge in [-0.2, -0.15) is 0 Å². The fourth-order valence-electron chi connectivity index (χ4n) is 1.69. The van der Waals surface area contributed by atoms with Gasteiger partial charge in [0.25, 0.3) is 0 Å². The predicted molar refractivity (Wildman–Crippen MR) is 76.9 cm³/mol. The van der Waals surface area contributed by atoms with E-state index in [1.807, 2.05) is 12.1 Å². The Labute approximate surface area is 116 Å². The minimum Gasteiger partial charge on any atom is -0.476 e. The van der Waals surface area contributed by atoms with E-state index < -0.39 is 5.97 Å². The van der Waals surface area contributed by atoms with Crippen LogP contribution in [0.25, 0.3) is 0 Å². The molecule has 0 bridgehead atoms. The van der Waals surface area contributed by atoms with Gasteiger partial charge in [-0.15, -0.1) is 11.3 Å². The van der Waals surface area contributed by atoms with Crippen LogP contribution < -0.4 is 5.32 Å². The van der Waals surface area contributed by atoms with Gasteiger partial charge in [0.2, 0.25) is 5.01 Å². The molecule has 2 rings (SSSR count). The number of nitrogens with one attached hydrogen (secondary N) is 1. The fraction of sp³-hybridized carbons (Fsp3) is 0.286. The van der Waals surface area contributed by atoms with E-state index >= 15 is 0 Å². The number of rotatable bonds is 5. The maximum Gasteiger partial charge on any atom is 0.365 e. The molecule has 0 saturated carbocycles. The number of benzene rings is 1. The standard InChI is InChI=1S/C14H16N2O2S/c1-9(2)10-4-3-5-11(6-10)15-7-12-8-19-13(16-12)14(17)18/h3-6,8-9,15H,7H2,1-2H3,(H,17,18). The largest absolute Gasteiger partial charge is 0.476 e. The van der Waals surface area contributed by atoms with Crippen LogP contribution >= 0.6 is 11.3 Å². The van der Waals surface area contributed by atoms with Crippen LogP contribution in [0.4, 0.5) is 5.69 Å². The molecule has 0 radical (unpaired) electrons. The summed E-state index contributed by atoms with van der Waals surface area (Å²) >= 11 is 1.15. The van der Waals surface area contributed by atoms with Crippen molar-refractivity contribution in [3.05, 3.63) is 45.9 Å². The smallest absolute Gasteiger partial charge is 0.365 e. The van der Waals surface area contributed by atoms with Crippen molar-refractivity contribution in [2.24, 2.45) is 0 Å². The molecule has 0 aliphatic rings. The van der Waals surface area contributed by atoms with E-state index in [9.17, 15) is 4.79 Å². The number of carboxylic acids is 1. The highest BCUT2D eigenvalue weighted by molar-refractivity contribution is 7.11. The van der Waals surface area contributed by atoms with Gasteiger partial charge in [0, 0.05) is 11.1 Å². The molecular weight excluding hydrogens is 260 g/mol. The molecule has 0 atom stereocenters. The van der Waals surface area contributed by atoms with Crippen molar-refractivity contribution in [2.75, 3.05) is 5.32 Å². The maximum absolute atomic E-state index is 10.7. The Balaban J connectivity index is 2.01. The van der Waals surface area contributed by atoms with Crippen LogP contribution in [0.1, 0.15) is 40.8 Å². The Bertz CT molecular complexity index is 578. The highest BCUT2D eigenvalue weighted by Crippen LogP contribution is 2.19. The van der Waals surface area contributed by atoms with Gasteiger partial charge in [-0.3, -0.25) is 0 Å². The number of aromatic nitrogens is 1. The minimum atomic E-state index is -0.974. The third kappa shape index (κ3) is 3.54. The summed E-state index contributed by atoms with van der Waals surface area (Å²) < 4.78 is 0. The molecule has 5 heteroatoms. The summed E-state index contributed by atoms with van der Waals surface area (Å²) in [6, 6.07) is 8.22. The van der Waals surface area contributed by atoms with Crippen LogP contribution in [0, 0.1) is 0 Å². The lowest BCUT2D eigenvalue weighted by molar-refractivity contribution is 0.0696. The Hall–Kier alpha value is -1.88.